The Morgan fingerprint density at radius 1 is 1.61 bits per heavy atom. The van der Waals surface area contributed by atoms with E-state index in [1.54, 1.807) is 0 Å². The van der Waals surface area contributed by atoms with Gasteiger partial charge < -0.3 is 10.0 Å². The van der Waals surface area contributed by atoms with Crippen molar-refractivity contribution in [2.24, 2.45) is 5.92 Å². The first-order chi connectivity index (χ1) is 8.34. The Morgan fingerprint density at radius 2 is 2.22 bits per heavy atom. The standard InChI is InChI=1S/C11H13FN2O4/c1-7(11(15)16)6-13(2)9-5-3-4-8(12)10(9)14(17)18/h3-5,7H,6H2,1-2H3,(H,15,16). The van der Waals surface area contributed by atoms with Crippen LogP contribution in [0.4, 0.5) is 15.8 Å². The van der Waals surface area contributed by atoms with Gasteiger partial charge in [0.1, 0.15) is 5.69 Å². The van der Waals surface area contributed by atoms with E-state index in [1.807, 2.05) is 0 Å². The summed E-state index contributed by atoms with van der Waals surface area (Å²) in [4.78, 5) is 22.1. The van der Waals surface area contributed by atoms with Crippen molar-refractivity contribution in [3.63, 3.8) is 0 Å². The maximum atomic E-state index is 13.4. The van der Waals surface area contributed by atoms with Crippen LogP contribution >= 0.6 is 0 Å². The largest absolute Gasteiger partial charge is 0.481 e. The average molecular weight is 256 g/mol. The van der Waals surface area contributed by atoms with Crippen LogP contribution in [-0.2, 0) is 4.79 Å². The van der Waals surface area contributed by atoms with Crippen molar-refractivity contribution in [3.8, 4) is 0 Å². The van der Waals surface area contributed by atoms with Gasteiger partial charge in [0.25, 0.3) is 0 Å². The van der Waals surface area contributed by atoms with Gasteiger partial charge in [-0.05, 0) is 12.1 Å². The lowest BCUT2D eigenvalue weighted by molar-refractivity contribution is -0.386. The normalized spacial score (nSPS) is 11.9. The lowest BCUT2D eigenvalue weighted by Crippen LogP contribution is -2.29. The SMILES string of the molecule is CC(CN(C)c1cccc(F)c1[N+](=O)[O-])C(=O)O. The maximum Gasteiger partial charge on any atom is 0.327 e. The average Bonchev–Trinajstić information content (AvgIpc) is 2.27. The number of hydrogen-bond donors (Lipinski definition) is 1. The first-order valence-corrected chi connectivity index (χ1v) is 5.21. The molecular weight excluding hydrogens is 243 g/mol. The monoisotopic (exact) mass is 256 g/mol. The molecule has 0 aliphatic rings. The second-order valence-electron chi connectivity index (χ2n) is 3.98. The number of rotatable bonds is 5. The minimum Gasteiger partial charge on any atom is -0.481 e. The van der Waals surface area contributed by atoms with Gasteiger partial charge in [0.15, 0.2) is 0 Å². The number of para-hydroxylation sites is 1. The van der Waals surface area contributed by atoms with Gasteiger partial charge in [-0.2, -0.15) is 4.39 Å². The molecule has 0 bridgehead atoms. The van der Waals surface area contributed by atoms with Gasteiger partial charge in [-0.25, -0.2) is 0 Å². The van der Waals surface area contributed by atoms with E-state index in [0.29, 0.717) is 0 Å². The number of halogens is 1. The highest BCUT2D eigenvalue weighted by Crippen LogP contribution is 2.30. The molecule has 7 heteroatoms. The Hall–Kier alpha value is -2.18. The summed E-state index contributed by atoms with van der Waals surface area (Å²) in [6, 6.07) is 3.73. The predicted octanol–water partition coefficient (Wildman–Crippen LogP) is 1.89. The van der Waals surface area contributed by atoms with Gasteiger partial charge in [-0.1, -0.05) is 13.0 Å². The van der Waals surface area contributed by atoms with E-state index in [-0.39, 0.29) is 12.2 Å². The molecular formula is C11H13FN2O4. The molecule has 1 unspecified atom stereocenters. The zero-order valence-corrected chi connectivity index (χ0v) is 9.96. The fourth-order valence-corrected chi connectivity index (χ4v) is 1.58. The number of nitro groups is 1. The molecule has 1 rings (SSSR count). The topological polar surface area (TPSA) is 83.7 Å². The predicted molar refractivity (Wildman–Crippen MR) is 63.1 cm³/mol. The van der Waals surface area contributed by atoms with Crippen molar-refractivity contribution in [2.45, 2.75) is 6.92 Å². The van der Waals surface area contributed by atoms with Gasteiger partial charge in [0.05, 0.1) is 10.8 Å². The number of hydrogen-bond acceptors (Lipinski definition) is 4. The summed E-state index contributed by atoms with van der Waals surface area (Å²) in [5.74, 6) is -2.66. The third-order valence-corrected chi connectivity index (χ3v) is 2.53. The minimum absolute atomic E-state index is 0.0552. The van der Waals surface area contributed by atoms with E-state index < -0.39 is 28.3 Å². The van der Waals surface area contributed by atoms with Crippen molar-refractivity contribution in [2.75, 3.05) is 18.5 Å². The van der Waals surface area contributed by atoms with Gasteiger partial charge in [0, 0.05) is 13.6 Å². The number of carbonyl (C=O) groups is 1. The molecule has 0 aromatic heterocycles. The Bertz CT molecular complexity index is 478. The summed E-state index contributed by atoms with van der Waals surface area (Å²) in [5, 5.41) is 19.6. The maximum absolute atomic E-state index is 13.4. The fraction of sp³-hybridized carbons (Fsp3) is 0.364. The molecule has 0 heterocycles. The van der Waals surface area contributed by atoms with E-state index in [0.717, 1.165) is 6.07 Å². The van der Waals surface area contributed by atoms with Crippen molar-refractivity contribution < 1.29 is 19.2 Å². The van der Waals surface area contributed by atoms with E-state index >= 15 is 0 Å². The van der Waals surface area contributed by atoms with Crippen molar-refractivity contribution in [1.82, 2.24) is 0 Å². The van der Waals surface area contributed by atoms with E-state index in [2.05, 4.69) is 0 Å². The highest BCUT2D eigenvalue weighted by atomic mass is 19.1. The molecule has 0 saturated heterocycles. The van der Waals surface area contributed by atoms with E-state index in [4.69, 9.17) is 5.11 Å². The molecule has 0 aliphatic heterocycles. The number of aliphatic carboxylic acids is 1. The van der Waals surface area contributed by atoms with Crippen molar-refractivity contribution in [1.29, 1.82) is 0 Å². The second-order valence-corrected chi connectivity index (χ2v) is 3.98. The number of benzene rings is 1. The van der Waals surface area contributed by atoms with Crippen LogP contribution in [0.1, 0.15) is 6.92 Å². The highest BCUT2D eigenvalue weighted by Gasteiger charge is 2.24. The first-order valence-electron chi connectivity index (χ1n) is 5.21. The Kier molecular flexibility index (Phi) is 4.19. The number of nitro benzene ring substituents is 1. The molecule has 0 aliphatic carbocycles. The molecule has 1 N–H and O–H groups in total. The number of nitrogens with zero attached hydrogens (tertiary/aromatic N) is 2. The lowest BCUT2D eigenvalue weighted by Gasteiger charge is -2.21. The van der Waals surface area contributed by atoms with Crippen LogP contribution in [-0.4, -0.2) is 29.6 Å². The summed E-state index contributed by atoms with van der Waals surface area (Å²) < 4.78 is 13.4. The van der Waals surface area contributed by atoms with Crippen LogP contribution in [0, 0.1) is 21.8 Å². The van der Waals surface area contributed by atoms with E-state index in [1.165, 1.54) is 31.0 Å². The Balaban J connectivity index is 3.06. The van der Waals surface area contributed by atoms with E-state index in [9.17, 15) is 19.3 Å². The van der Waals surface area contributed by atoms with Crippen LogP contribution in [0.25, 0.3) is 0 Å². The smallest absolute Gasteiger partial charge is 0.327 e. The van der Waals surface area contributed by atoms with Gasteiger partial charge in [-0.3, -0.25) is 14.9 Å². The molecule has 18 heavy (non-hydrogen) atoms. The minimum atomic E-state index is -1.01. The molecule has 6 nitrogen and oxygen atoms in total. The third-order valence-electron chi connectivity index (χ3n) is 2.53. The molecule has 1 atom stereocenters. The zero-order valence-electron chi connectivity index (χ0n) is 9.96. The highest BCUT2D eigenvalue weighted by molar-refractivity contribution is 5.71. The van der Waals surface area contributed by atoms with Crippen molar-refractivity contribution in [3.05, 3.63) is 34.1 Å². The van der Waals surface area contributed by atoms with Crippen LogP contribution in [0.15, 0.2) is 18.2 Å². The second kappa shape index (κ2) is 5.44. The number of carboxylic acid groups (broad SMARTS) is 1. The van der Waals surface area contributed by atoms with Crippen LogP contribution in [0.2, 0.25) is 0 Å². The summed E-state index contributed by atoms with van der Waals surface area (Å²) in [5.41, 5.74) is -0.578. The van der Waals surface area contributed by atoms with Crippen LogP contribution in [0.3, 0.4) is 0 Å². The molecule has 98 valence electrons. The zero-order chi connectivity index (χ0) is 13.9. The molecule has 1 aromatic carbocycles. The molecule has 1 aromatic rings. The van der Waals surface area contributed by atoms with Crippen molar-refractivity contribution >= 4 is 17.3 Å². The molecule has 0 radical (unpaired) electrons. The summed E-state index contributed by atoms with van der Waals surface area (Å²) >= 11 is 0. The number of anilines is 1. The summed E-state index contributed by atoms with van der Waals surface area (Å²) in [7, 11) is 1.49. The molecule has 0 saturated carbocycles. The van der Waals surface area contributed by atoms with Gasteiger partial charge in [-0.15, -0.1) is 0 Å². The third kappa shape index (κ3) is 2.93. The fourth-order valence-electron chi connectivity index (χ4n) is 1.58. The molecule has 0 amide bonds. The summed E-state index contributed by atoms with van der Waals surface area (Å²) in [6.07, 6.45) is 0. The molecule has 0 spiro atoms. The summed E-state index contributed by atoms with van der Waals surface area (Å²) in [6.45, 7) is 1.53. The lowest BCUT2D eigenvalue weighted by atomic mass is 10.1. The first kappa shape index (κ1) is 13.9. The van der Waals surface area contributed by atoms with Gasteiger partial charge in [0.2, 0.25) is 5.82 Å². The Morgan fingerprint density at radius 3 is 2.72 bits per heavy atom. The van der Waals surface area contributed by atoms with Crippen LogP contribution < -0.4 is 4.90 Å². The van der Waals surface area contributed by atoms with Gasteiger partial charge >= 0.3 is 11.7 Å². The number of carboxylic acids is 1. The quantitative estimate of drug-likeness (QED) is 0.642. The Labute approximate surface area is 103 Å². The molecule has 0 fully saturated rings. The van der Waals surface area contributed by atoms with Crippen LogP contribution in [0.5, 0.6) is 0 Å².